The zero-order valence-electron chi connectivity index (χ0n) is 11.7. The molecule has 0 saturated carbocycles. The average Bonchev–Trinajstić information content (AvgIpc) is 2.98. The van der Waals surface area contributed by atoms with Gasteiger partial charge in [0.25, 0.3) is 0 Å². The minimum Gasteiger partial charge on any atom is -0.495 e. The number of sulfonamides is 1. The number of rotatable bonds is 7. The van der Waals surface area contributed by atoms with Gasteiger partial charge in [0.15, 0.2) is 5.82 Å². The number of nitrogens with zero attached hydrogens (tertiary/aromatic N) is 2. The number of nitrogens with one attached hydrogen (secondary N) is 2. The summed E-state index contributed by atoms with van der Waals surface area (Å²) >= 11 is 0. The smallest absolute Gasteiger partial charge is 0.244 e. The highest BCUT2D eigenvalue weighted by atomic mass is 32.2. The predicted octanol–water partition coefficient (Wildman–Crippen LogP) is 0.276. The molecule has 0 aliphatic heterocycles. The number of benzene rings is 1. The van der Waals surface area contributed by atoms with E-state index in [2.05, 4.69) is 24.7 Å². The first-order valence-corrected chi connectivity index (χ1v) is 7.61. The van der Waals surface area contributed by atoms with Gasteiger partial charge in [-0.25, -0.2) is 13.1 Å². The lowest BCUT2D eigenvalue weighted by molar-refractivity contribution is 0.401. The standard InChI is InChI=1S/C12H16N4O4S/c1-13-6-9-3-4-11(10(5-9)19-2)21(17,18)15-7-12-14-8-20-16-12/h3-5,8,13,15H,6-7H2,1-2H3. The van der Waals surface area contributed by atoms with Crippen LogP contribution < -0.4 is 14.8 Å². The van der Waals surface area contributed by atoms with Gasteiger partial charge in [0.05, 0.1) is 13.7 Å². The Kier molecular flexibility index (Phi) is 4.89. The van der Waals surface area contributed by atoms with Crippen LogP contribution in [-0.2, 0) is 23.1 Å². The Morgan fingerprint density at radius 1 is 1.33 bits per heavy atom. The Labute approximate surface area is 122 Å². The summed E-state index contributed by atoms with van der Waals surface area (Å²) in [4.78, 5) is 3.81. The molecule has 8 nitrogen and oxygen atoms in total. The van der Waals surface area contributed by atoms with Crippen molar-refractivity contribution < 1.29 is 17.7 Å². The van der Waals surface area contributed by atoms with Crippen molar-refractivity contribution in [1.82, 2.24) is 20.2 Å². The third-order valence-corrected chi connectivity index (χ3v) is 4.17. The molecular formula is C12H16N4O4S. The number of methoxy groups -OCH3 is 1. The van der Waals surface area contributed by atoms with Crippen molar-refractivity contribution in [3.05, 3.63) is 36.0 Å². The molecule has 1 aromatic heterocycles. The van der Waals surface area contributed by atoms with Crippen LogP contribution in [0.4, 0.5) is 0 Å². The third kappa shape index (κ3) is 3.78. The van der Waals surface area contributed by atoms with Gasteiger partial charge in [0, 0.05) is 6.54 Å². The molecule has 0 radical (unpaired) electrons. The summed E-state index contributed by atoms with van der Waals surface area (Å²) in [6.45, 7) is 0.563. The van der Waals surface area contributed by atoms with E-state index in [-0.39, 0.29) is 23.0 Å². The molecule has 0 aliphatic carbocycles. The number of ether oxygens (including phenoxy) is 1. The number of hydrogen-bond acceptors (Lipinski definition) is 7. The highest BCUT2D eigenvalue weighted by Crippen LogP contribution is 2.25. The van der Waals surface area contributed by atoms with E-state index in [9.17, 15) is 8.42 Å². The molecule has 0 spiro atoms. The van der Waals surface area contributed by atoms with Crippen molar-refractivity contribution in [1.29, 1.82) is 0 Å². The molecule has 21 heavy (non-hydrogen) atoms. The Hall–Kier alpha value is -1.97. The molecule has 0 unspecified atom stereocenters. The zero-order chi connectivity index (χ0) is 15.3. The Morgan fingerprint density at radius 2 is 2.14 bits per heavy atom. The van der Waals surface area contributed by atoms with Gasteiger partial charge in [0.1, 0.15) is 10.6 Å². The van der Waals surface area contributed by atoms with E-state index in [4.69, 9.17) is 4.74 Å². The quantitative estimate of drug-likeness (QED) is 0.756. The van der Waals surface area contributed by atoms with Crippen molar-refractivity contribution in [2.45, 2.75) is 18.0 Å². The van der Waals surface area contributed by atoms with Crippen molar-refractivity contribution >= 4 is 10.0 Å². The van der Waals surface area contributed by atoms with Crippen LogP contribution in [0.25, 0.3) is 0 Å². The second-order valence-corrected chi connectivity index (χ2v) is 5.92. The molecule has 2 aromatic rings. The summed E-state index contributed by atoms with van der Waals surface area (Å²) in [5.74, 6) is 0.535. The molecular weight excluding hydrogens is 296 g/mol. The molecule has 1 aromatic carbocycles. The Balaban J connectivity index is 2.22. The molecule has 0 bridgehead atoms. The van der Waals surface area contributed by atoms with Crippen LogP contribution in [0.5, 0.6) is 5.75 Å². The van der Waals surface area contributed by atoms with Gasteiger partial charge < -0.3 is 14.6 Å². The van der Waals surface area contributed by atoms with Gasteiger partial charge in [0.2, 0.25) is 16.4 Å². The Bertz CT molecular complexity index is 685. The fraction of sp³-hybridized carbons (Fsp3) is 0.333. The van der Waals surface area contributed by atoms with Crippen LogP contribution in [0.3, 0.4) is 0 Å². The minimum absolute atomic E-state index is 0.0553. The highest BCUT2D eigenvalue weighted by Gasteiger charge is 2.20. The summed E-state index contributed by atoms with van der Waals surface area (Å²) in [6.07, 6.45) is 1.14. The van der Waals surface area contributed by atoms with Crippen LogP contribution in [0.15, 0.2) is 34.0 Å². The SMILES string of the molecule is CNCc1ccc(S(=O)(=O)NCc2ncon2)c(OC)c1. The van der Waals surface area contributed by atoms with Gasteiger partial charge in [-0.1, -0.05) is 11.2 Å². The van der Waals surface area contributed by atoms with E-state index >= 15 is 0 Å². The monoisotopic (exact) mass is 312 g/mol. The lowest BCUT2D eigenvalue weighted by Gasteiger charge is -2.11. The van der Waals surface area contributed by atoms with E-state index in [1.807, 2.05) is 7.05 Å². The summed E-state index contributed by atoms with van der Waals surface area (Å²) < 4.78 is 36.7. The van der Waals surface area contributed by atoms with E-state index in [0.29, 0.717) is 6.54 Å². The second kappa shape index (κ2) is 6.66. The molecule has 0 fully saturated rings. The minimum atomic E-state index is -3.73. The lowest BCUT2D eigenvalue weighted by Crippen LogP contribution is -2.24. The fourth-order valence-corrected chi connectivity index (χ4v) is 2.88. The van der Waals surface area contributed by atoms with Gasteiger partial charge in [-0.2, -0.15) is 4.98 Å². The maximum absolute atomic E-state index is 12.3. The average molecular weight is 312 g/mol. The van der Waals surface area contributed by atoms with Crippen LogP contribution in [0.1, 0.15) is 11.4 Å². The summed E-state index contributed by atoms with van der Waals surface area (Å²) in [7, 11) is -0.491. The summed E-state index contributed by atoms with van der Waals surface area (Å²) in [5.41, 5.74) is 0.923. The molecule has 0 amide bonds. The van der Waals surface area contributed by atoms with Crippen LogP contribution in [0, 0.1) is 0 Å². The largest absolute Gasteiger partial charge is 0.495 e. The van der Waals surface area contributed by atoms with E-state index in [1.54, 1.807) is 12.1 Å². The van der Waals surface area contributed by atoms with Crippen molar-refractivity contribution in [3.8, 4) is 5.75 Å². The Morgan fingerprint density at radius 3 is 2.76 bits per heavy atom. The topological polar surface area (TPSA) is 106 Å². The van der Waals surface area contributed by atoms with Crippen LogP contribution in [-0.4, -0.2) is 32.7 Å². The van der Waals surface area contributed by atoms with Gasteiger partial charge in [-0.15, -0.1) is 0 Å². The van der Waals surface area contributed by atoms with Crippen molar-refractivity contribution in [2.75, 3.05) is 14.2 Å². The summed E-state index contributed by atoms with van der Waals surface area (Å²) in [6, 6.07) is 4.91. The van der Waals surface area contributed by atoms with Gasteiger partial charge in [-0.3, -0.25) is 0 Å². The predicted molar refractivity (Wildman–Crippen MR) is 74.1 cm³/mol. The maximum atomic E-state index is 12.3. The normalized spacial score (nSPS) is 11.5. The number of hydrogen-bond donors (Lipinski definition) is 2. The highest BCUT2D eigenvalue weighted by molar-refractivity contribution is 7.89. The molecule has 9 heteroatoms. The van der Waals surface area contributed by atoms with Crippen LogP contribution >= 0.6 is 0 Å². The zero-order valence-corrected chi connectivity index (χ0v) is 12.5. The molecule has 2 rings (SSSR count). The summed E-state index contributed by atoms with van der Waals surface area (Å²) in [5, 5.41) is 6.53. The second-order valence-electron chi connectivity index (χ2n) is 4.19. The first-order valence-electron chi connectivity index (χ1n) is 6.13. The maximum Gasteiger partial charge on any atom is 0.244 e. The van der Waals surface area contributed by atoms with Gasteiger partial charge in [-0.05, 0) is 24.7 Å². The van der Waals surface area contributed by atoms with Gasteiger partial charge >= 0.3 is 0 Å². The van der Waals surface area contributed by atoms with E-state index in [1.165, 1.54) is 13.2 Å². The molecule has 114 valence electrons. The fourth-order valence-electron chi connectivity index (χ4n) is 1.76. The number of aromatic nitrogens is 2. The molecule has 0 atom stereocenters. The van der Waals surface area contributed by atoms with Crippen LogP contribution in [0.2, 0.25) is 0 Å². The van der Waals surface area contributed by atoms with E-state index < -0.39 is 10.0 Å². The third-order valence-electron chi connectivity index (χ3n) is 2.73. The lowest BCUT2D eigenvalue weighted by atomic mass is 10.2. The molecule has 1 heterocycles. The molecule has 2 N–H and O–H groups in total. The molecule has 0 saturated heterocycles. The van der Waals surface area contributed by atoms with Crippen molar-refractivity contribution in [2.24, 2.45) is 0 Å². The molecule has 0 aliphatic rings. The first kappa shape index (κ1) is 15.4. The van der Waals surface area contributed by atoms with E-state index in [0.717, 1.165) is 12.0 Å². The first-order chi connectivity index (χ1) is 10.1. The van der Waals surface area contributed by atoms with Crippen molar-refractivity contribution in [3.63, 3.8) is 0 Å².